The summed E-state index contributed by atoms with van der Waals surface area (Å²) in [6.45, 7) is 4.63. The third-order valence-electron chi connectivity index (χ3n) is 2.67. The minimum atomic E-state index is 0.342. The van der Waals surface area contributed by atoms with Crippen LogP contribution in [0.1, 0.15) is 24.6 Å². The SMILES string of the molecule is COCc1noc(C(C)C2CNC2)n1. The summed E-state index contributed by atoms with van der Waals surface area (Å²) >= 11 is 0. The maximum Gasteiger partial charge on any atom is 0.229 e. The van der Waals surface area contributed by atoms with Crippen LogP contribution in [0.5, 0.6) is 0 Å². The standard InChI is InChI=1S/C9H15N3O2/c1-6(7-3-10-4-7)9-11-8(5-13-2)12-14-9/h6-7,10H,3-5H2,1-2H3. The van der Waals surface area contributed by atoms with E-state index in [1.807, 2.05) is 0 Å². The lowest BCUT2D eigenvalue weighted by Crippen LogP contribution is -2.44. The van der Waals surface area contributed by atoms with Crippen molar-refractivity contribution < 1.29 is 9.26 Å². The van der Waals surface area contributed by atoms with Crippen molar-refractivity contribution in [2.45, 2.75) is 19.4 Å². The number of nitrogens with one attached hydrogen (secondary N) is 1. The fraction of sp³-hybridized carbons (Fsp3) is 0.778. The molecule has 0 aromatic carbocycles. The molecule has 78 valence electrons. The molecule has 14 heavy (non-hydrogen) atoms. The highest BCUT2D eigenvalue weighted by Gasteiger charge is 2.28. The lowest BCUT2D eigenvalue weighted by molar-refractivity contribution is 0.174. The zero-order valence-electron chi connectivity index (χ0n) is 8.49. The summed E-state index contributed by atoms with van der Waals surface area (Å²) in [5.74, 6) is 2.32. The minimum absolute atomic E-state index is 0.342. The predicted octanol–water partition coefficient (Wildman–Crippen LogP) is 0.539. The van der Waals surface area contributed by atoms with Crippen molar-refractivity contribution in [1.29, 1.82) is 0 Å². The van der Waals surface area contributed by atoms with Crippen LogP contribution in [-0.4, -0.2) is 30.3 Å². The minimum Gasteiger partial charge on any atom is -0.377 e. The van der Waals surface area contributed by atoms with Crippen LogP contribution in [0.4, 0.5) is 0 Å². The molecule has 1 N–H and O–H groups in total. The van der Waals surface area contributed by atoms with Crippen LogP contribution in [-0.2, 0) is 11.3 Å². The Bertz CT molecular complexity index is 296. The van der Waals surface area contributed by atoms with Gasteiger partial charge in [-0.15, -0.1) is 0 Å². The quantitative estimate of drug-likeness (QED) is 0.763. The predicted molar refractivity (Wildman–Crippen MR) is 49.8 cm³/mol. The molecule has 0 spiro atoms. The summed E-state index contributed by atoms with van der Waals surface area (Å²) in [4.78, 5) is 4.27. The van der Waals surface area contributed by atoms with Gasteiger partial charge in [0.15, 0.2) is 5.82 Å². The number of aromatic nitrogens is 2. The van der Waals surface area contributed by atoms with Gasteiger partial charge in [0.2, 0.25) is 5.89 Å². The molecule has 0 aliphatic carbocycles. The monoisotopic (exact) mass is 197 g/mol. The second-order valence-corrected chi connectivity index (χ2v) is 3.69. The maximum atomic E-state index is 5.17. The molecule has 1 aliphatic heterocycles. The first-order valence-corrected chi connectivity index (χ1v) is 4.83. The molecule has 1 fully saturated rings. The average molecular weight is 197 g/mol. The molecule has 2 heterocycles. The van der Waals surface area contributed by atoms with Crippen molar-refractivity contribution in [3.63, 3.8) is 0 Å². The average Bonchev–Trinajstić information content (AvgIpc) is 2.50. The van der Waals surface area contributed by atoms with E-state index in [2.05, 4.69) is 22.4 Å². The van der Waals surface area contributed by atoms with Gasteiger partial charge in [0, 0.05) is 13.0 Å². The first-order valence-electron chi connectivity index (χ1n) is 4.83. The van der Waals surface area contributed by atoms with Crippen molar-refractivity contribution in [2.75, 3.05) is 20.2 Å². The molecule has 1 unspecified atom stereocenters. The van der Waals surface area contributed by atoms with Crippen molar-refractivity contribution in [3.05, 3.63) is 11.7 Å². The number of ether oxygens (including phenoxy) is 1. The fourth-order valence-corrected chi connectivity index (χ4v) is 1.51. The first kappa shape index (κ1) is 9.61. The van der Waals surface area contributed by atoms with E-state index in [9.17, 15) is 0 Å². The second-order valence-electron chi connectivity index (χ2n) is 3.69. The van der Waals surface area contributed by atoms with Crippen LogP contribution in [0.15, 0.2) is 4.52 Å². The van der Waals surface area contributed by atoms with Gasteiger partial charge in [-0.05, 0) is 19.0 Å². The number of nitrogens with zero attached hydrogens (tertiary/aromatic N) is 2. The topological polar surface area (TPSA) is 60.2 Å². The summed E-state index contributed by atoms with van der Waals surface area (Å²) < 4.78 is 10.1. The fourth-order valence-electron chi connectivity index (χ4n) is 1.51. The van der Waals surface area contributed by atoms with Gasteiger partial charge in [0.25, 0.3) is 0 Å². The molecule has 1 aromatic rings. The third-order valence-corrected chi connectivity index (χ3v) is 2.67. The third kappa shape index (κ3) is 1.78. The van der Waals surface area contributed by atoms with Gasteiger partial charge in [-0.2, -0.15) is 4.98 Å². The van der Waals surface area contributed by atoms with Gasteiger partial charge in [-0.3, -0.25) is 0 Å². The van der Waals surface area contributed by atoms with Crippen LogP contribution in [0.3, 0.4) is 0 Å². The number of hydrogen-bond donors (Lipinski definition) is 1. The van der Waals surface area contributed by atoms with Gasteiger partial charge in [-0.1, -0.05) is 12.1 Å². The number of rotatable bonds is 4. The summed E-state index contributed by atoms with van der Waals surface area (Å²) in [6, 6.07) is 0. The van der Waals surface area contributed by atoms with Gasteiger partial charge >= 0.3 is 0 Å². The van der Waals surface area contributed by atoms with E-state index in [-0.39, 0.29) is 0 Å². The highest BCUT2D eigenvalue weighted by atomic mass is 16.5. The lowest BCUT2D eigenvalue weighted by Gasteiger charge is -2.30. The molecule has 1 aromatic heterocycles. The zero-order valence-corrected chi connectivity index (χ0v) is 8.49. The van der Waals surface area contributed by atoms with Crippen molar-refractivity contribution in [3.8, 4) is 0 Å². The molecule has 1 atom stereocenters. The van der Waals surface area contributed by atoms with Gasteiger partial charge < -0.3 is 14.6 Å². The molecular weight excluding hydrogens is 182 g/mol. The molecule has 1 aliphatic rings. The zero-order chi connectivity index (χ0) is 9.97. The van der Waals surface area contributed by atoms with Crippen molar-refractivity contribution in [2.24, 2.45) is 5.92 Å². The molecule has 5 nitrogen and oxygen atoms in total. The van der Waals surface area contributed by atoms with Crippen LogP contribution >= 0.6 is 0 Å². The largest absolute Gasteiger partial charge is 0.377 e. The lowest BCUT2D eigenvalue weighted by atomic mass is 9.89. The first-order chi connectivity index (χ1) is 6.81. The molecule has 0 amide bonds. The highest BCUT2D eigenvalue weighted by Crippen LogP contribution is 2.25. The van der Waals surface area contributed by atoms with Crippen LogP contribution < -0.4 is 5.32 Å². The second kappa shape index (κ2) is 4.06. The Hall–Kier alpha value is -0.940. The Balaban J connectivity index is 2.00. The molecule has 1 saturated heterocycles. The van der Waals surface area contributed by atoms with E-state index in [1.165, 1.54) is 0 Å². The van der Waals surface area contributed by atoms with Crippen LogP contribution in [0.25, 0.3) is 0 Å². The van der Waals surface area contributed by atoms with Crippen molar-refractivity contribution in [1.82, 2.24) is 15.5 Å². The normalized spacial score (nSPS) is 19.3. The Morgan fingerprint density at radius 3 is 3.00 bits per heavy atom. The summed E-state index contributed by atoms with van der Waals surface area (Å²) in [6.07, 6.45) is 0. The van der Waals surface area contributed by atoms with Crippen molar-refractivity contribution >= 4 is 0 Å². The smallest absolute Gasteiger partial charge is 0.229 e. The molecule has 5 heteroatoms. The van der Waals surface area contributed by atoms with E-state index < -0.39 is 0 Å². The summed E-state index contributed by atoms with van der Waals surface area (Å²) in [7, 11) is 1.62. The Labute approximate surface area is 82.8 Å². The Morgan fingerprint density at radius 1 is 1.64 bits per heavy atom. The van der Waals surface area contributed by atoms with E-state index in [4.69, 9.17) is 9.26 Å². The van der Waals surface area contributed by atoms with E-state index in [0.717, 1.165) is 19.0 Å². The Kier molecular flexibility index (Phi) is 2.79. The summed E-state index contributed by atoms with van der Waals surface area (Å²) in [5.41, 5.74) is 0. The van der Waals surface area contributed by atoms with Crippen LogP contribution in [0, 0.1) is 5.92 Å². The molecule has 2 rings (SSSR count). The van der Waals surface area contributed by atoms with E-state index >= 15 is 0 Å². The van der Waals surface area contributed by atoms with E-state index in [0.29, 0.717) is 24.3 Å². The maximum absolute atomic E-state index is 5.17. The van der Waals surface area contributed by atoms with E-state index in [1.54, 1.807) is 7.11 Å². The Morgan fingerprint density at radius 2 is 2.43 bits per heavy atom. The molecular formula is C9H15N3O2. The van der Waals surface area contributed by atoms with Crippen LogP contribution in [0.2, 0.25) is 0 Å². The number of hydrogen-bond acceptors (Lipinski definition) is 5. The highest BCUT2D eigenvalue weighted by molar-refractivity contribution is 4.98. The molecule has 0 radical (unpaired) electrons. The van der Waals surface area contributed by atoms with Gasteiger partial charge in [0.05, 0.1) is 0 Å². The summed E-state index contributed by atoms with van der Waals surface area (Å²) in [5, 5.41) is 7.07. The van der Waals surface area contributed by atoms with Gasteiger partial charge in [-0.25, -0.2) is 0 Å². The molecule has 0 bridgehead atoms. The molecule has 0 saturated carbocycles. The van der Waals surface area contributed by atoms with Gasteiger partial charge in [0.1, 0.15) is 6.61 Å². The number of methoxy groups -OCH3 is 1.